The highest BCUT2D eigenvalue weighted by molar-refractivity contribution is 9.10. The van der Waals surface area contributed by atoms with Gasteiger partial charge in [-0.15, -0.1) is 0 Å². The molecule has 2 aromatic carbocycles. The van der Waals surface area contributed by atoms with Crippen LogP contribution >= 0.6 is 27.3 Å². The zero-order chi connectivity index (χ0) is 15.7. The van der Waals surface area contributed by atoms with Gasteiger partial charge in [-0.25, -0.2) is 4.98 Å². The summed E-state index contributed by atoms with van der Waals surface area (Å²) >= 11 is 4.94. The summed E-state index contributed by atoms with van der Waals surface area (Å²) in [7, 11) is 0. The number of aryl methyl sites for hydroxylation is 1. The van der Waals surface area contributed by atoms with Gasteiger partial charge < -0.3 is 0 Å². The second-order valence-electron chi connectivity index (χ2n) is 4.97. The van der Waals surface area contributed by atoms with Crippen molar-refractivity contribution >= 4 is 48.5 Å². The number of anilines is 1. The molecule has 3 aromatic rings. The molecule has 0 bridgehead atoms. The summed E-state index contributed by atoms with van der Waals surface area (Å²) in [6, 6.07) is 13.5. The molecular formula is C17H15BrN2OS. The van der Waals surface area contributed by atoms with Gasteiger partial charge in [-0.2, -0.15) is 0 Å². The number of nitrogens with zero attached hydrogens (tertiary/aromatic N) is 2. The summed E-state index contributed by atoms with van der Waals surface area (Å²) in [6.07, 6.45) is 0. The minimum Gasteiger partial charge on any atom is -0.284 e. The van der Waals surface area contributed by atoms with E-state index in [1.807, 2.05) is 56.3 Å². The SMILES string of the molecule is CCN(C(=O)c1ccc(Br)cc1)c1nc2c(C)cccc2s1. The van der Waals surface area contributed by atoms with E-state index in [2.05, 4.69) is 20.9 Å². The van der Waals surface area contributed by atoms with E-state index < -0.39 is 0 Å². The van der Waals surface area contributed by atoms with Gasteiger partial charge in [0.15, 0.2) is 5.13 Å². The van der Waals surface area contributed by atoms with Crippen molar-refractivity contribution in [2.45, 2.75) is 13.8 Å². The van der Waals surface area contributed by atoms with Crippen LogP contribution in [0.25, 0.3) is 10.2 Å². The summed E-state index contributed by atoms with van der Waals surface area (Å²) in [5.41, 5.74) is 2.78. The highest BCUT2D eigenvalue weighted by atomic mass is 79.9. The van der Waals surface area contributed by atoms with Crippen molar-refractivity contribution in [1.29, 1.82) is 0 Å². The molecule has 0 aliphatic heterocycles. The molecular weight excluding hydrogens is 360 g/mol. The lowest BCUT2D eigenvalue weighted by Gasteiger charge is -2.17. The van der Waals surface area contributed by atoms with E-state index in [9.17, 15) is 4.79 Å². The Labute approximate surface area is 141 Å². The number of hydrogen-bond acceptors (Lipinski definition) is 3. The third-order valence-electron chi connectivity index (χ3n) is 3.49. The molecule has 0 spiro atoms. The van der Waals surface area contributed by atoms with Crippen LogP contribution in [0.3, 0.4) is 0 Å². The van der Waals surface area contributed by atoms with Gasteiger partial charge in [0.25, 0.3) is 5.91 Å². The van der Waals surface area contributed by atoms with Crippen molar-refractivity contribution in [3.63, 3.8) is 0 Å². The van der Waals surface area contributed by atoms with Gasteiger partial charge in [0.1, 0.15) is 0 Å². The number of aromatic nitrogens is 1. The maximum absolute atomic E-state index is 12.7. The van der Waals surface area contributed by atoms with Crippen molar-refractivity contribution in [3.8, 4) is 0 Å². The van der Waals surface area contributed by atoms with E-state index in [4.69, 9.17) is 0 Å². The Morgan fingerprint density at radius 3 is 2.59 bits per heavy atom. The number of carbonyl (C=O) groups excluding carboxylic acids is 1. The van der Waals surface area contributed by atoms with Crippen LogP contribution in [-0.4, -0.2) is 17.4 Å². The summed E-state index contributed by atoms with van der Waals surface area (Å²) in [5, 5.41) is 0.750. The van der Waals surface area contributed by atoms with Crippen molar-refractivity contribution in [2.75, 3.05) is 11.4 Å². The lowest BCUT2D eigenvalue weighted by Crippen LogP contribution is -2.30. The van der Waals surface area contributed by atoms with E-state index in [-0.39, 0.29) is 5.91 Å². The molecule has 1 amide bonds. The Kier molecular flexibility index (Phi) is 4.27. The van der Waals surface area contributed by atoms with Crippen molar-refractivity contribution in [3.05, 3.63) is 58.1 Å². The molecule has 1 heterocycles. The molecule has 0 saturated carbocycles. The topological polar surface area (TPSA) is 33.2 Å². The lowest BCUT2D eigenvalue weighted by molar-refractivity contribution is 0.0988. The Hall–Kier alpha value is -1.72. The van der Waals surface area contributed by atoms with Crippen LogP contribution in [0.5, 0.6) is 0 Å². The number of thiazole rings is 1. The molecule has 0 aliphatic rings. The van der Waals surface area contributed by atoms with E-state index in [1.54, 1.807) is 16.2 Å². The maximum atomic E-state index is 12.7. The molecule has 0 atom stereocenters. The molecule has 0 aliphatic carbocycles. The van der Waals surface area contributed by atoms with Crippen LogP contribution in [0.15, 0.2) is 46.9 Å². The number of halogens is 1. The van der Waals surface area contributed by atoms with Gasteiger partial charge in [0.2, 0.25) is 0 Å². The molecule has 0 saturated heterocycles. The highest BCUT2D eigenvalue weighted by Gasteiger charge is 2.20. The van der Waals surface area contributed by atoms with Crippen LogP contribution in [-0.2, 0) is 0 Å². The van der Waals surface area contributed by atoms with Crippen LogP contribution < -0.4 is 4.90 Å². The number of rotatable bonds is 3. The molecule has 0 fully saturated rings. The first-order valence-electron chi connectivity index (χ1n) is 7.03. The zero-order valence-electron chi connectivity index (χ0n) is 12.3. The Balaban J connectivity index is 2.00. The Morgan fingerprint density at radius 1 is 1.23 bits per heavy atom. The number of amides is 1. The third-order valence-corrected chi connectivity index (χ3v) is 5.07. The van der Waals surface area contributed by atoms with Gasteiger partial charge in [0.05, 0.1) is 10.2 Å². The first kappa shape index (κ1) is 15.2. The van der Waals surface area contributed by atoms with Gasteiger partial charge in [0, 0.05) is 16.6 Å². The number of hydrogen-bond donors (Lipinski definition) is 0. The standard InChI is InChI=1S/C17H15BrN2OS/c1-3-20(16(21)12-7-9-13(18)10-8-12)17-19-15-11(2)5-4-6-14(15)22-17/h4-10H,3H2,1-2H3. The zero-order valence-corrected chi connectivity index (χ0v) is 14.7. The number of carbonyl (C=O) groups is 1. The monoisotopic (exact) mass is 374 g/mol. The summed E-state index contributed by atoms with van der Waals surface area (Å²) in [6.45, 7) is 4.60. The van der Waals surface area contributed by atoms with Crippen LogP contribution in [0, 0.1) is 6.92 Å². The Bertz CT molecular complexity index is 826. The van der Waals surface area contributed by atoms with Gasteiger partial charge >= 0.3 is 0 Å². The van der Waals surface area contributed by atoms with Crippen molar-refractivity contribution in [1.82, 2.24) is 4.98 Å². The second-order valence-corrected chi connectivity index (χ2v) is 6.90. The molecule has 5 heteroatoms. The highest BCUT2D eigenvalue weighted by Crippen LogP contribution is 2.31. The molecule has 3 nitrogen and oxygen atoms in total. The van der Waals surface area contributed by atoms with Crippen LogP contribution in [0.1, 0.15) is 22.8 Å². The van der Waals surface area contributed by atoms with Gasteiger partial charge in [-0.05, 0) is 49.7 Å². The molecule has 0 N–H and O–H groups in total. The third kappa shape index (κ3) is 2.78. The smallest absolute Gasteiger partial charge is 0.260 e. The molecule has 1 aromatic heterocycles. The fourth-order valence-corrected chi connectivity index (χ4v) is 3.67. The van der Waals surface area contributed by atoms with Crippen molar-refractivity contribution < 1.29 is 4.79 Å². The first-order chi connectivity index (χ1) is 10.6. The summed E-state index contributed by atoms with van der Waals surface area (Å²) in [4.78, 5) is 19.1. The van der Waals surface area contributed by atoms with Crippen molar-refractivity contribution in [2.24, 2.45) is 0 Å². The molecule has 22 heavy (non-hydrogen) atoms. The summed E-state index contributed by atoms with van der Waals surface area (Å²) in [5.74, 6) is -0.0216. The lowest BCUT2D eigenvalue weighted by atomic mass is 10.2. The molecule has 0 radical (unpaired) electrons. The second kappa shape index (κ2) is 6.18. The van der Waals surface area contributed by atoms with Crippen LogP contribution in [0.2, 0.25) is 0 Å². The first-order valence-corrected chi connectivity index (χ1v) is 8.64. The van der Waals surface area contributed by atoms with E-state index >= 15 is 0 Å². The molecule has 3 rings (SSSR count). The van der Waals surface area contributed by atoms with E-state index in [0.29, 0.717) is 12.1 Å². The maximum Gasteiger partial charge on any atom is 0.260 e. The molecule has 0 unspecified atom stereocenters. The number of fused-ring (bicyclic) bond motifs is 1. The van der Waals surface area contributed by atoms with Gasteiger partial charge in [-0.1, -0.05) is 39.4 Å². The largest absolute Gasteiger partial charge is 0.284 e. The van der Waals surface area contributed by atoms with Gasteiger partial charge in [-0.3, -0.25) is 9.69 Å². The fraction of sp³-hybridized carbons (Fsp3) is 0.176. The van der Waals surface area contributed by atoms with E-state index in [1.165, 1.54) is 0 Å². The molecule has 112 valence electrons. The normalized spacial score (nSPS) is 10.9. The van der Waals surface area contributed by atoms with E-state index in [0.717, 1.165) is 25.4 Å². The number of para-hydroxylation sites is 1. The fourth-order valence-electron chi connectivity index (χ4n) is 2.30. The quantitative estimate of drug-likeness (QED) is 0.643. The number of benzene rings is 2. The predicted octanol–water partition coefficient (Wildman–Crippen LogP) is 5.03. The minimum absolute atomic E-state index is 0.0216. The minimum atomic E-state index is -0.0216. The predicted molar refractivity (Wildman–Crippen MR) is 95.8 cm³/mol. The average molecular weight is 375 g/mol. The van der Waals surface area contributed by atoms with Crippen LogP contribution in [0.4, 0.5) is 5.13 Å². The summed E-state index contributed by atoms with van der Waals surface area (Å²) < 4.78 is 2.07. The Morgan fingerprint density at radius 2 is 1.95 bits per heavy atom. The average Bonchev–Trinajstić information content (AvgIpc) is 2.94.